The first kappa shape index (κ1) is 16.5. The van der Waals surface area contributed by atoms with Crippen LogP contribution >= 0.6 is 11.3 Å². The van der Waals surface area contributed by atoms with Gasteiger partial charge >= 0.3 is 0 Å². The summed E-state index contributed by atoms with van der Waals surface area (Å²) < 4.78 is 5.90. The van der Waals surface area contributed by atoms with Crippen molar-refractivity contribution in [3.05, 3.63) is 70.4 Å². The molecule has 0 saturated heterocycles. The molecule has 1 amide bonds. The SMILES string of the molecule is CC(C)c1ccc2oc(-c3cccc(NC(=O)c4cccs4)c3)nc2c1. The van der Waals surface area contributed by atoms with Crippen LogP contribution in [0, 0.1) is 0 Å². The second-order valence-corrected chi connectivity index (χ2v) is 7.36. The molecule has 0 atom stereocenters. The molecule has 1 N–H and O–H groups in total. The topological polar surface area (TPSA) is 55.1 Å². The smallest absolute Gasteiger partial charge is 0.265 e. The molecular weight excluding hydrogens is 344 g/mol. The molecule has 2 aromatic heterocycles. The summed E-state index contributed by atoms with van der Waals surface area (Å²) in [4.78, 5) is 17.5. The third kappa shape index (κ3) is 3.26. The van der Waals surface area contributed by atoms with Gasteiger partial charge in [0.1, 0.15) is 5.52 Å². The Bertz CT molecular complexity index is 1060. The normalized spacial score (nSPS) is 11.2. The van der Waals surface area contributed by atoms with Crippen molar-refractivity contribution >= 4 is 34.0 Å². The molecule has 130 valence electrons. The molecule has 4 rings (SSSR count). The van der Waals surface area contributed by atoms with Crippen LogP contribution in [0.15, 0.2) is 64.4 Å². The Hall–Kier alpha value is -2.92. The number of hydrogen-bond acceptors (Lipinski definition) is 4. The van der Waals surface area contributed by atoms with Gasteiger partial charge in [-0.25, -0.2) is 4.98 Å². The highest BCUT2D eigenvalue weighted by Gasteiger charge is 2.12. The average Bonchev–Trinajstić information content (AvgIpc) is 3.31. The Balaban J connectivity index is 1.63. The summed E-state index contributed by atoms with van der Waals surface area (Å²) in [6.45, 7) is 4.31. The molecule has 26 heavy (non-hydrogen) atoms. The molecule has 0 unspecified atom stereocenters. The average molecular weight is 362 g/mol. The van der Waals surface area contributed by atoms with E-state index in [9.17, 15) is 4.79 Å². The number of rotatable bonds is 4. The fraction of sp³-hybridized carbons (Fsp3) is 0.143. The van der Waals surface area contributed by atoms with Crippen molar-refractivity contribution in [3.63, 3.8) is 0 Å². The molecule has 0 aliphatic rings. The minimum absolute atomic E-state index is 0.115. The number of thiophene rings is 1. The van der Waals surface area contributed by atoms with Crippen LogP contribution in [0.1, 0.15) is 35.0 Å². The predicted octanol–water partition coefficient (Wildman–Crippen LogP) is 5.93. The van der Waals surface area contributed by atoms with E-state index >= 15 is 0 Å². The number of nitrogens with zero attached hydrogens (tertiary/aromatic N) is 1. The van der Waals surface area contributed by atoms with E-state index in [0.29, 0.717) is 22.4 Å². The summed E-state index contributed by atoms with van der Waals surface area (Å²) in [6.07, 6.45) is 0. The van der Waals surface area contributed by atoms with E-state index in [4.69, 9.17) is 4.42 Å². The van der Waals surface area contributed by atoms with Crippen LogP contribution in [0.3, 0.4) is 0 Å². The number of carbonyl (C=O) groups is 1. The zero-order chi connectivity index (χ0) is 18.1. The summed E-state index contributed by atoms with van der Waals surface area (Å²) in [5.74, 6) is 0.875. The molecule has 0 bridgehead atoms. The van der Waals surface area contributed by atoms with E-state index in [-0.39, 0.29) is 5.91 Å². The maximum Gasteiger partial charge on any atom is 0.265 e. The van der Waals surface area contributed by atoms with Crippen molar-refractivity contribution in [2.75, 3.05) is 5.32 Å². The van der Waals surface area contributed by atoms with E-state index in [0.717, 1.165) is 16.7 Å². The Morgan fingerprint density at radius 3 is 2.77 bits per heavy atom. The lowest BCUT2D eigenvalue weighted by Gasteiger charge is -2.04. The Morgan fingerprint density at radius 1 is 1.12 bits per heavy atom. The first-order valence-electron chi connectivity index (χ1n) is 8.46. The quantitative estimate of drug-likeness (QED) is 0.489. The lowest BCUT2D eigenvalue weighted by molar-refractivity contribution is 0.103. The van der Waals surface area contributed by atoms with Crippen molar-refractivity contribution in [2.45, 2.75) is 19.8 Å². The van der Waals surface area contributed by atoms with Gasteiger partial charge < -0.3 is 9.73 Å². The summed E-state index contributed by atoms with van der Waals surface area (Å²) in [5, 5.41) is 4.80. The highest BCUT2D eigenvalue weighted by Crippen LogP contribution is 2.28. The molecule has 4 nitrogen and oxygen atoms in total. The number of nitrogens with one attached hydrogen (secondary N) is 1. The van der Waals surface area contributed by atoms with Crippen LogP contribution in [0.25, 0.3) is 22.6 Å². The zero-order valence-electron chi connectivity index (χ0n) is 14.5. The minimum Gasteiger partial charge on any atom is -0.436 e. The highest BCUT2D eigenvalue weighted by molar-refractivity contribution is 7.12. The fourth-order valence-electron chi connectivity index (χ4n) is 2.76. The summed E-state index contributed by atoms with van der Waals surface area (Å²) in [5.41, 5.74) is 4.38. The maximum absolute atomic E-state index is 12.2. The molecule has 0 fully saturated rings. The van der Waals surface area contributed by atoms with E-state index in [1.807, 2.05) is 41.8 Å². The van der Waals surface area contributed by atoms with Gasteiger partial charge in [0, 0.05) is 11.3 Å². The summed E-state index contributed by atoms with van der Waals surface area (Å²) in [7, 11) is 0. The van der Waals surface area contributed by atoms with E-state index in [1.54, 1.807) is 6.07 Å². The summed E-state index contributed by atoms with van der Waals surface area (Å²) in [6, 6.07) is 17.3. The maximum atomic E-state index is 12.2. The van der Waals surface area contributed by atoms with Crippen LogP contribution in [-0.4, -0.2) is 10.9 Å². The molecule has 0 radical (unpaired) electrons. The lowest BCUT2D eigenvalue weighted by Crippen LogP contribution is -2.09. The van der Waals surface area contributed by atoms with Crippen LogP contribution < -0.4 is 5.32 Å². The van der Waals surface area contributed by atoms with Gasteiger partial charge in [0.15, 0.2) is 5.58 Å². The van der Waals surface area contributed by atoms with Crippen molar-refractivity contribution < 1.29 is 9.21 Å². The first-order chi connectivity index (χ1) is 12.6. The van der Waals surface area contributed by atoms with Gasteiger partial charge in [0.05, 0.1) is 4.88 Å². The number of fused-ring (bicyclic) bond motifs is 1. The third-order valence-corrected chi connectivity index (χ3v) is 5.06. The highest BCUT2D eigenvalue weighted by atomic mass is 32.1. The third-order valence-electron chi connectivity index (χ3n) is 4.19. The molecule has 4 aromatic rings. The Labute approximate surface area is 155 Å². The van der Waals surface area contributed by atoms with E-state index in [1.165, 1.54) is 16.9 Å². The van der Waals surface area contributed by atoms with Crippen molar-refractivity contribution in [1.29, 1.82) is 0 Å². The standard InChI is InChI=1S/C21H18N2O2S/c1-13(2)14-8-9-18-17(12-14)23-21(25-18)15-5-3-6-16(11-15)22-20(24)19-7-4-10-26-19/h3-13H,1-2H3,(H,22,24). The number of benzene rings is 2. The second-order valence-electron chi connectivity index (χ2n) is 6.41. The molecular formula is C21H18N2O2S. The van der Waals surface area contributed by atoms with Crippen molar-refractivity contribution in [1.82, 2.24) is 4.98 Å². The van der Waals surface area contributed by atoms with Gasteiger partial charge in [-0.1, -0.05) is 32.0 Å². The van der Waals surface area contributed by atoms with Crippen LogP contribution in [0.4, 0.5) is 5.69 Å². The van der Waals surface area contributed by atoms with Gasteiger partial charge in [-0.2, -0.15) is 0 Å². The van der Waals surface area contributed by atoms with Gasteiger partial charge in [0.25, 0.3) is 5.91 Å². The molecule has 0 spiro atoms. The number of aromatic nitrogens is 1. The number of amides is 1. The van der Waals surface area contributed by atoms with Gasteiger partial charge in [-0.3, -0.25) is 4.79 Å². The molecule has 0 aliphatic heterocycles. The molecule has 0 aliphatic carbocycles. The van der Waals surface area contributed by atoms with Crippen molar-refractivity contribution in [2.24, 2.45) is 0 Å². The Kier molecular flexibility index (Phi) is 4.31. The second kappa shape index (κ2) is 6.77. The number of anilines is 1. The minimum atomic E-state index is -0.115. The number of hydrogen-bond donors (Lipinski definition) is 1. The summed E-state index contributed by atoms with van der Waals surface area (Å²) >= 11 is 1.41. The van der Waals surface area contributed by atoms with Crippen molar-refractivity contribution in [3.8, 4) is 11.5 Å². The van der Waals surface area contributed by atoms with Crippen LogP contribution in [-0.2, 0) is 0 Å². The van der Waals surface area contributed by atoms with Crippen LogP contribution in [0.5, 0.6) is 0 Å². The molecule has 5 heteroatoms. The molecule has 2 heterocycles. The molecule has 0 saturated carbocycles. The zero-order valence-corrected chi connectivity index (χ0v) is 15.3. The van der Waals surface area contributed by atoms with E-state index < -0.39 is 0 Å². The monoisotopic (exact) mass is 362 g/mol. The number of oxazole rings is 1. The predicted molar refractivity (Wildman–Crippen MR) is 106 cm³/mol. The van der Waals surface area contributed by atoms with Gasteiger partial charge in [-0.15, -0.1) is 11.3 Å². The lowest BCUT2D eigenvalue weighted by atomic mass is 10.0. The van der Waals surface area contributed by atoms with Gasteiger partial charge in [-0.05, 0) is 53.3 Å². The molecule has 2 aromatic carbocycles. The fourth-order valence-corrected chi connectivity index (χ4v) is 3.38. The Morgan fingerprint density at radius 2 is 2.00 bits per heavy atom. The number of carbonyl (C=O) groups excluding carboxylic acids is 1. The van der Waals surface area contributed by atoms with Gasteiger partial charge in [0.2, 0.25) is 5.89 Å². The van der Waals surface area contributed by atoms with Crippen LogP contribution in [0.2, 0.25) is 0 Å². The largest absolute Gasteiger partial charge is 0.436 e. The first-order valence-corrected chi connectivity index (χ1v) is 9.34. The van der Waals surface area contributed by atoms with E-state index in [2.05, 4.69) is 36.3 Å².